The van der Waals surface area contributed by atoms with Crippen LogP contribution in [0.4, 0.5) is 0 Å². The maximum absolute atomic E-state index is 12.3. The van der Waals surface area contributed by atoms with Gasteiger partial charge in [-0.15, -0.1) is 0 Å². The number of hydrogen-bond acceptors (Lipinski definition) is 5. The molecule has 0 aliphatic heterocycles. The van der Waals surface area contributed by atoms with E-state index in [0.717, 1.165) is 20.4 Å². The first-order chi connectivity index (χ1) is 12.1. The van der Waals surface area contributed by atoms with E-state index in [9.17, 15) is 4.79 Å². The first-order valence-corrected chi connectivity index (χ1v) is 8.79. The summed E-state index contributed by atoms with van der Waals surface area (Å²) < 4.78 is 17.1. The number of oxazole rings is 1. The lowest BCUT2D eigenvalue weighted by Gasteiger charge is -2.03. The fraction of sp³-hybridized carbons (Fsp3) is 0.158. The number of ether oxygens (including phenoxy) is 2. The van der Waals surface area contributed by atoms with Crippen LogP contribution in [0.2, 0.25) is 0 Å². The number of benzene rings is 2. The zero-order chi connectivity index (χ0) is 17.8. The molecule has 6 heteroatoms. The number of halogens is 1. The van der Waals surface area contributed by atoms with E-state index in [1.54, 1.807) is 14.0 Å². The van der Waals surface area contributed by atoms with Gasteiger partial charge in [0.05, 0.1) is 19.3 Å². The van der Waals surface area contributed by atoms with E-state index in [4.69, 9.17) is 13.9 Å². The zero-order valence-electron chi connectivity index (χ0n) is 13.8. The van der Waals surface area contributed by atoms with Gasteiger partial charge in [-0.05, 0) is 65.9 Å². The number of methoxy groups -OCH3 is 1. The quantitative estimate of drug-likeness (QED) is 0.414. The summed E-state index contributed by atoms with van der Waals surface area (Å²) in [6, 6.07) is 15.0. The van der Waals surface area contributed by atoms with Crippen molar-refractivity contribution in [1.29, 1.82) is 0 Å². The summed E-state index contributed by atoms with van der Waals surface area (Å²) in [6.07, 6.45) is 0. The molecule has 0 unspecified atom stereocenters. The number of nitrogens with zero attached hydrogens (tertiary/aromatic N) is 1. The van der Waals surface area contributed by atoms with Gasteiger partial charge in [0.2, 0.25) is 11.7 Å². The number of carbonyl (C=O) groups excluding carboxylic acids is 1. The van der Waals surface area contributed by atoms with Gasteiger partial charge in [-0.3, -0.25) is 0 Å². The van der Waals surface area contributed by atoms with E-state index in [1.807, 2.05) is 48.5 Å². The highest BCUT2D eigenvalue weighted by Gasteiger charge is 2.24. The van der Waals surface area contributed by atoms with E-state index >= 15 is 0 Å². The van der Waals surface area contributed by atoms with Crippen LogP contribution in [0, 0.1) is 3.57 Å². The molecule has 25 heavy (non-hydrogen) atoms. The van der Waals surface area contributed by atoms with Gasteiger partial charge in [0.25, 0.3) is 0 Å². The van der Waals surface area contributed by atoms with Gasteiger partial charge >= 0.3 is 5.97 Å². The molecule has 0 spiro atoms. The summed E-state index contributed by atoms with van der Waals surface area (Å²) in [5.74, 6) is 0.682. The first kappa shape index (κ1) is 17.5. The third-order valence-corrected chi connectivity index (χ3v) is 4.50. The van der Waals surface area contributed by atoms with Crippen molar-refractivity contribution < 1.29 is 18.7 Å². The van der Waals surface area contributed by atoms with Crippen molar-refractivity contribution in [3.8, 4) is 28.5 Å². The highest BCUT2D eigenvalue weighted by atomic mass is 127. The van der Waals surface area contributed by atoms with Gasteiger partial charge in [0.15, 0.2) is 0 Å². The van der Waals surface area contributed by atoms with Gasteiger partial charge in [0.1, 0.15) is 11.4 Å². The molecule has 0 amide bonds. The Kier molecular flexibility index (Phi) is 5.37. The molecule has 0 saturated carbocycles. The smallest absolute Gasteiger partial charge is 0.376 e. The average Bonchev–Trinajstić information content (AvgIpc) is 3.07. The highest BCUT2D eigenvalue weighted by Crippen LogP contribution is 2.32. The number of esters is 1. The lowest BCUT2D eigenvalue weighted by atomic mass is 10.1. The van der Waals surface area contributed by atoms with Gasteiger partial charge in [0, 0.05) is 9.13 Å². The molecule has 0 saturated heterocycles. The lowest BCUT2D eigenvalue weighted by Crippen LogP contribution is -2.04. The molecule has 0 N–H and O–H groups in total. The lowest BCUT2D eigenvalue weighted by molar-refractivity contribution is 0.0492. The molecule has 128 valence electrons. The van der Waals surface area contributed by atoms with Crippen molar-refractivity contribution in [2.45, 2.75) is 6.92 Å². The van der Waals surface area contributed by atoms with E-state index in [2.05, 4.69) is 27.6 Å². The molecule has 0 aliphatic rings. The van der Waals surface area contributed by atoms with Crippen LogP contribution >= 0.6 is 22.6 Å². The Balaban J connectivity index is 2.11. The Morgan fingerprint density at radius 3 is 2.52 bits per heavy atom. The van der Waals surface area contributed by atoms with Crippen LogP contribution in [0.5, 0.6) is 5.75 Å². The van der Waals surface area contributed by atoms with Gasteiger partial charge < -0.3 is 13.9 Å². The fourth-order valence-electron chi connectivity index (χ4n) is 2.35. The Hall–Kier alpha value is -2.35. The number of hydrogen-bond donors (Lipinski definition) is 0. The molecule has 3 aromatic rings. The topological polar surface area (TPSA) is 61.6 Å². The van der Waals surface area contributed by atoms with Gasteiger partial charge in [-0.1, -0.05) is 12.1 Å². The second kappa shape index (κ2) is 7.69. The maximum atomic E-state index is 12.3. The molecule has 0 radical (unpaired) electrons. The molecular weight excluding hydrogens is 433 g/mol. The molecule has 5 nitrogen and oxygen atoms in total. The van der Waals surface area contributed by atoms with Gasteiger partial charge in [-0.2, -0.15) is 0 Å². The molecule has 0 bridgehead atoms. The summed E-state index contributed by atoms with van der Waals surface area (Å²) >= 11 is 2.21. The first-order valence-electron chi connectivity index (χ1n) is 7.71. The molecule has 0 fully saturated rings. The van der Waals surface area contributed by atoms with Crippen LogP contribution in [0.3, 0.4) is 0 Å². The Morgan fingerprint density at radius 1 is 1.16 bits per heavy atom. The molecule has 2 aromatic carbocycles. The van der Waals surface area contributed by atoms with Crippen molar-refractivity contribution >= 4 is 28.6 Å². The van der Waals surface area contributed by atoms with Crippen LogP contribution in [-0.2, 0) is 4.74 Å². The minimum atomic E-state index is -0.530. The molecule has 1 heterocycles. The van der Waals surface area contributed by atoms with E-state index in [-0.39, 0.29) is 12.4 Å². The van der Waals surface area contributed by atoms with Crippen LogP contribution < -0.4 is 4.74 Å². The Morgan fingerprint density at radius 2 is 1.88 bits per heavy atom. The van der Waals surface area contributed by atoms with Crippen molar-refractivity contribution in [3.63, 3.8) is 0 Å². The molecule has 0 aliphatic carbocycles. The van der Waals surface area contributed by atoms with E-state index in [1.165, 1.54) is 0 Å². The maximum Gasteiger partial charge on any atom is 0.376 e. The third kappa shape index (κ3) is 3.68. The minimum absolute atomic E-state index is 0.0988. The van der Waals surface area contributed by atoms with Crippen LogP contribution in [-0.4, -0.2) is 24.7 Å². The molecule has 3 rings (SSSR count). The minimum Gasteiger partial charge on any atom is -0.497 e. The fourth-order valence-corrected chi connectivity index (χ4v) is 2.97. The average molecular weight is 449 g/mol. The monoisotopic (exact) mass is 449 g/mol. The number of carbonyl (C=O) groups is 1. The highest BCUT2D eigenvalue weighted by molar-refractivity contribution is 14.1. The summed E-state index contributed by atoms with van der Waals surface area (Å²) in [4.78, 5) is 16.9. The molecular formula is C19H16INO4. The largest absolute Gasteiger partial charge is 0.497 e. The summed E-state index contributed by atoms with van der Waals surface area (Å²) in [5.41, 5.74) is 2.04. The van der Waals surface area contributed by atoms with E-state index < -0.39 is 5.97 Å². The predicted molar refractivity (Wildman–Crippen MR) is 103 cm³/mol. The standard InChI is InChI=1S/C19H16INO4/c1-3-24-19(22)17-16(12-8-10-13(23-2)11-9-12)21-18(25-17)14-6-4-5-7-15(14)20/h4-11H,3H2,1-2H3. The second-order valence-electron chi connectivity index (χ2n) is 5.13. The zero-order valence-corrected chi connectivity index (χ0v) is 15.9. The van der Waals surface area contributed by atoms with Crippen molar-refractivity contribution in [1.82, 2.24) is 4.98 Å². The summed E-state index contributed by atoms with van der Waals surface area (Å²) in [5, 5.41) is 0. The predicted octanol–water partition coefficient (Wildman–Crippen LogP) is 4.80. The van der Waals surface area contributed by atoms with Crippen LogP contribution in [0.25, 0.3) is 22.7 Å². The van der Waals surface area contributed by atoms with Crippen LogP contribution in [0.1, 0.15) is 17.5 Å². The van der Waals surface area contributed by atoms with Crippen molar-refractivity contribution in [2.24, 2.45) is 0 Å². The Bertz CT molecular complexity index is 887. The van der Waals surface area contributed by atoms with Crippen molar-refractivity contribution in [3.05, 3.63) is 57.9 Å². The third-order valence-electron chi connectivity index (χ3n) is 3.56. The summed E-state index contributed by atoms with van der Waals surface area (Å²) in [6.45, 7) is 2.02. The van der Waals surface area contributed by atoms with E-state index in [0.29, 0.717) is 11.6 Å². The summed E-state index contributed by atoms with van der Waals surface area (Å²) in [7, 11) is 1.60. The number of rotatable bonds is 5. The normalized spacial score (nSPS) is 10.5. The van der Waals surface area contributed by atoms with Gasteiger partial charge in [-0.25, -0.2) is 9.78 Å². The second-order valence-corrected chi connectivity index (χ2v) is 6.29. The number of aromatic nitrogens is 1. The SMILES string of the molecule is CCOC(=O)c1oc(-c2ccccc2I)nc1-c1ccc(OC)cc1. The molecule has 0 atom stereocenters. The molecule has 1 aromatic heterocycles. The Labute approximate surface area is 159 Å². The van der Waals surface area contributed by atoms with Crippen molar-refractivity contribution in [2.75, 3.05) is 13.7 Å². The van der Waals surface area contributed by atoms with Crippen LogP contribution in [0.15, 0.2) is 52.9 Å².